The standard InChI is InChI=1S/C16H15ClFNO/c17-13-6-5-12(15(18)7-13)9-19-8-11-3-1-2-4-16(20)14(11)10-19/h5-8,10H,1-4,9H2. The van der Waals surface area contributed by atoms with Gasteiger partial charge in [0.25, 0.3) is 0 Å². The van der Waals surface area contributed by atoms with Crippen LogP contribution in [0.1, 0.15) is 40.7 Å². The monoisotopic (exact) mass is 291 g/mol. The first kappa shape index (κ1) is 13.4. The number of carbonyl (C=O) groups is 1. The third-order valence-electron chi connectivity index (χ3n) is 3.73. The Kier molecular flexibility index (Phi) is 3.62. The van der Waals surface area contributed by atoms with Crippen LogP contribution in [0.25, 0.3) is 0 Å². The van der Waals surface area contributed by atoms with Crippen LogP contribution in [0.4, 0.5) is 4.39 Å². The maximum atomic E-state index is 13.8. The molecule has 0 aliphatic heterocycles. The van der Waals surface area contributed by atoms with Gasteiger partial charge in [0.1, 0.15) is 5.82 Å². The number of benzene rings is 1. The molecule has 1 aliphatic carbocycles. The predicted octanol–water partition coefficient (Wildman–Crippen LogP) is 4.24. The second-order valence-electron chi connectivity index (χ2n) is 5.24. The highest BCUT2D eigenvalue weighted by molar-refractivity contribution is 6.30. The Balaban J connectivity index is 1.88. The molecule has 20 heavy (non-hydrogen) atoms. The molecule has 1 aliphatic rings. The van der Waals surface area contributed by atoms with E-state index in [1.54, 1.807) is 12.1 Å². The van der Waals surface area contributed by atoms with Crippen LogP contribution in [-0.4, -0.2) is 10.4 Å². The number of halogens is 2. The van der Waals surface area contributed by atoms with Crippen molar-refractivity contribution in [3.63, 3.8) is 0 Å². The third-order valence-corrected chi connectivity index (χ3v) is 3.97. The Morgan fingerprint density at radius 1 is 1.20 bits per heavy atom. The summed E-state index contributed by atoms with van der Waals surface area (Å²) in [5, 5.41) is 0.393. The minimum Gasteiger partial charge on any atom is -0.349 e. The number of aromatic nitrogens is 1. The van der Waals surface area contributed by atoms with E-state index in [4.69, 9.17) is 11.6 Å². The largest absolute Gasteiger partial charge is 0.349 e. The van der Waals surface area contributed by atoms with Gasteiger partial charge in [0, 0.05) is 41.5 Å². The number of hydrogen-bond acceptors (Lipinski definition) is 1. The molecular formula is C16H15ClFNO. The van der Waals surface area contributed by atoms with Crippen LogP contribution in [0, 0.1) is 5.82 Å². The van der Waals surface area contributed by atoms with E-state index in [-0.39, 0.29) is 11.6 Å². The van der Waals surface area contributed by atoms with Crippen LogP contribution in [0.2, 0.25) is 5.02 Å². The molecule has 2 aromatic rings. The molecule has 3 rings (SSSR count). The van der Waals surface area contributed by atoms with Crippen molar-refractivity contribution in [2.45, 2.75) is 32.2 Å². The summed E-state index contributed by atoms with van der Waals surface area (Å²) in [6.45, 7) is 0.420. The molecule has 4 heteroatoms. The normalized spacial score (nSPS) is 15.0. The lowest BCUT2D eigenvalue weighted by Crippen LogP contribution is -2.00. The molecule has 0 atom stereocenters. The van der Waals surface area contributed by atoms with E-state index < -0.39 is 0 Å². The van der Waals surface area contributed by atoms with Gasteiger partial charge >= 0.3 is 0 Å². The van der Waals surface area contributed by atoms with Gasteiger partial charge in [-0.2, -0.15) is 0 Å². The Hall–Kier alpha value is -1.61. The van der Waals surface area contributed by atoms with E-state index >= 15 is 0 Å². The topological polar surface area (TPSA) is 22.0 Å². The minimum absolute atomic E-state index is 0.202. The van der Waals surface area contributed by atoms with Gasteiger partial charge in [-0.15, -0.1) is 0 Å². The van der Waals surface area contributed by atoms with Crippen LogP contribution in [-0.2, 0) is 13.0 Å². The molecule has 1 aromatic carbocycles. The fourth-order valence-electron chi connectivity index (χ4n) is 2.68. The third kappa shape index (κ3) is 2.63. The number of fused-ring (bicyclic) bond motifs is 1. The highest BCUT2D eigenvalue weighted by atomic mass is 35.5. The van der Waals surface area contributed by atoms with E-state index in [0.717, 1.165) is 30.4 Å². The number of rotatable bonds is 2. The van der Waals surface area contributed by atoms with E-state index in [0.29, 0.717) is 23.6 Å². The zero-order chi connectivity index (χ0) is 14.1. The van der Waals surface area contributed by atoms with Crippen LogP contribution < -0.4 is 0 Å². The molecule has 104 valence electrons. The van der Waals surface area contributed by atoms with Crippen molar-refractivity contribution in [2.75, 3.05) is 0 Å². The van der Waals surface area contributed by atoms with Gasteiger partial charge in [-0.1, -0.05) is 17.7 Å². The zero-order valence-electron chi connectivity index (χ0n) is 11.0. The molecule has 0 saturated heterocycles. The van der Waals surface area contributed by atoms with Gasteiger partial charge in [0.05, 0.1) is 0 Å². The molecule has 0 saturated carbocycles. The van der Waals surface area contributed by atoms with Gasteiger partial charge in [-0.05, 0) is 37.0 Å². The van der Waals surface area contributed by atoms with Crippen molar-refractivity contribution in [3.05, 3.63) is 58.1 Å². The molecule has 1 aromatic heterocycles. The molecule has 0 bridgehead atoms. The average Bonchev–Trinajstić information content (AvgIpc) is 2.73. The van der Waals surface area contributed by atoms with Crippen molar-refractivity contribution in [1.29, 1.82) is 0 Å². The molecule has 2 nitrogen and oxygen atoms in total. The van der Waals surface area contributed by atoms with Crippen molar-refractivity contribution in [3.8, 4) is 0 Å². The molecule has 0 N–H and O–H groups in total. The Morgan fingerprint density at radius 3 is 2.80 bits per heavy atom. The average molecular weight is 292 g/mol. The van der Waals surface area contributed by atoms with Crippen molar-refractivity contribution >= 4 is 17.4 Å². The highest BCUT2D eigenvalue weighted by Gasteiger charge is 2.18. The van der Waals surface area contributed by atoms with Crippen LogP contribution >= 0.6 is 11.6 Å². The smallest absolute Gasteiger partial charge is 0.164 e. The summed E-state index contributed by atoms with van der Waals surface area (Å²) in [5.41, 5.74) is 2.46. The fourth-order valence-corrected chi connectivity index (χ4v) is 2.84. The quantitative estimate of drug-likeness (QED) is 0.759. The van der Waals surface area contributed by atoms with Crippen molar-refractivity contribution in [2.24, 2.45) is 0 Å². The Morgan fingerprint density at radius 2 is 2.00 bits per heavy atom. The SMILES string of the molecule is O=C1CCCCc2cn(Cc3ccc(Cl)cc3F)cc21. The molecular weight excluding hydrogens is 277 g/mol. The summed E-state index contributed by atoms with van der Waals surface area (Å²) in [4.78, 5) is 12.0. The predicted molar refractivity (Wildman–Crippen MR) is 76.8 cm³/mol. The van der Waals surface area contributed by atoms with Gasteiger partial charge in [0.15, 0.2) is 5.78 Å². The lowest BCUT2D eigenvalue weighted by Gasteiger charge is -2.05. The van der Waals surface area contributed by atoms with Gasteiger partial charge in [-0.3, -0.25) is 4.79 Å². The number of ketones is 1. The Bertz CT molecular complexity index is 662. The number of Topliss-reactive ketones (excluding diaryl/α,β-unsaturated/α-hetero) is 1. The second kappa shape index (κ2) is 5.41. The van der Waals surface area contributed by atoms with Crippen LogP contribution in [0.3, 0.4) is 0 Å². The van der Waals surface area contributed by atoms with Gasteiger partial charge in [-0.25, -0.2) is 4.39 Å². The molecule has 1 heterocycles. The highest BCUT2D eigenvalue weighted by Crippen LogP contribution is 2.23. The molecule has 0 radical (unpaired) electrons. The van der Waals surface area contributed by atoms with Gasteiger partial charge < -0.3 is 4.57 Å². The summed E-state index contributed by atoms with van der Waals surface area (Å²) in [6.07, 6.45) is 7.35. The summed E-state index contributed by atoms with van der Waals surface area (Å²) in [5.74, 6) is -0.111. The number of aryl methyl sites for hydroxylation is 1. The molecule has 0 fully saturated rings. The maximum absolute atomic E-state index is 13.8. The van der Waals surface area contributed by atoms with E-state index in [1.807, 2.05) is 17.0 Å². The fraction of sp³-hybridized carbons (Fsp3) is 0.312. The molecule has 0 unspecified atom stereocenters. The summed E-state index contributed by atoms with van der Waals surface area (Å²) < 4.78 is 15.7. The van der Waals surface area contributed by atoms with Gasteiger partial charge in [0.2, 0.25) is 0 Å². The number of nitrogens with zero attached hydrogens (tertiary/aromatic N) is 1. The lowest BCUT2D eigenvalue weighted by atomic mass is 10.1. The number of carbonyl (C=O) groups excluding carboxylic acids is 1. The molecule has 0 amide bonds. The van der Waals surface area contributed by atoms with Crippen molar-refractivity contribution in [1.82, 2.24) is 4.57 Å². The van der Waals surface area contributed by atoms with Crippen molar-refractivity contribution < 1.29 is 9.18 Å². The molecule has 0 spiro atoms. The summed E-state index contributed by atoms with van der Waals surface area (Å²) >= 11 is 5.75. The number of hydrogen-bond donors (Lipinski definition) is 0. The minimum atomic E-state index is -0.312. The van der Waals surface area contributed by atoms with Crippen LogP contribution in [0.5, 0.6) is 0 Å². The first-order valence-electron chi connectivity index (χ1n) is 6.79. The lowest BCUT2D eigenvalue weighted by molar-refractivity contribution is 0.0982. The van der Waals surface area contributed by atoms with Crippen LogP contribution in [0.15, 0.2) is 30.6 Å². The Labute approximate surface area is 122 Å². The summed E-state index contributed by atoms with van der Waals surface area (Å²) in [6, 6.07) is 4.68. The zero-order valence-corrected chi connectivity index (χ0v) is 11.8. The van der Waals surface area contributed by atoms with E-state index in [9.17, 15) is 9.18 Å². The first-order valence-corrected chi connectivity index (χ1v) is 7.17. The second-order valence-corrected chi connectivity index (χ2v) is 5.67. The summed E-state index contributed by atoms with van der Waals surface area (Å²) in [7, 11) is 0. The maximum Gasteiger partial charge on any atom is 0.164 e. The van der Waals surface area contributed by atoms with E-state index in [1.165, 1.54) is 6.07 Å². The van der Waals surface area contributed by atoms with E-state index in [2.05, 4.69) is 0 Å². The first-order chi connectivity index (χ1) is 9.63.